The number of nitrogens with zero attached hydrogens (tertiary/aromatic N) is 1. The maximum atomic E-state index is 12.9. The summed E-state index contributed by atoms with van der Waals surface area (Å²) in [5, 5.41) is 5.45. The Morgan fingerprint density at radius 1 is 1.26 bits per heavy atom. The number of methoxy groups -OCH3 is 1. The smallest absolute Gasteiger partial charge is 0.319 e. The monoisotopic (exact) mass is 369 g/mol. The predicted octanol–water partition coefficient (Wildman–Crippen LogP) is 5.13. The number of nitrogens with one attached hydrogen (secondary N) is 2. The third kappa shape index (κ3) is 5.95. The molecular formula is C21H24FN3O2. The van der Waals surface area contributed by atoms with Gasteiger partial charge < -0.3 is 15.4 Å². The lowest BCUT2D eigenvalue weighted by Gasteiger charge is -2.15. The molecule has 0 spiro atoms. The molecule has 2 aromatic rings. The van der Waals surface area contributed by atoms with Crippen molar-refractivity contribution in [2.45, 2.75) is 26.8 Å². The Bertz CT molecular complexity index is 845. The number of urea groups is 1. The Kier molecular flexibility index (Phi) is 7.11. The summed E-state index contributed by atoms with van der Waals surface area (Å²) in [4.78, 5) is 16.6. The maximum absolute atomic E-state index is 12.9. The molecule has 0 aliphatic carbocycles. The van der Waals surface area contributed by atoms with Gasteiger partial charge in [0.2, 0.25) is 0 Å². The van der Waals surface area contributed by atoms with Gasteiger partial charge in [0, 0.05) is 30.4 Å². The number of carbonyl (C=O) groups is 1. The highest BCUT2D eigenvalue weighted by molar-refractivity contribution is 5.89. The number of hydrogen-bond donors (Lipinski definition) is 2. The van der Waals surface area contributed by atoms with Crippen LogP contribution < -0.4 is 15.4 Å². The molecule has 0 heterocycles. The van der Waals surface area contributed by atoms with E-state index >= 15 is 0 Å². The largest absolute Gasteiger partial charge is 0.496 e. The molecule has 0 fully saturated rings. The summed E-state index contributed by atoms with van der Waals surface area (Å²) in [5.74, 6) is 0.318. The van der Waals surface area contributed by atoms with Crippen LogP contribution in [0.2, 0.25) is 0 Å². The molecule has 2 amide bonds. The maximum Gasteiger partial charge on any atom is 0.319 e. The molecule has 0 unspecified atom stereocenters. The molecule has 27 heavy (non-hydrogen) atoms. The van der Waals surface area contributed by atoms with Crippen LogP contribution in [0.5, 0.6) is 5.75 Å². The van der Waals surface area contributed by atoms with E-state index in [1.165, 1.54) is 24.3 Å². The van der Waals surface area contributed by atoms with Gasteiger partial charge in [-0.25, -0.2) is 9.18 Å². The van der Waals surface area contributed by atoms with E-state index in [0.29, 0.717) is 17.9 Å². The van der Waals surface area contributed by atoms with Crippen LogP contribution in [0.4, 0.5) is 20.6 Å². The molecule has 5 nitrogen and oxygen atoms in total. The standard InChI is InChI=1S/C21H24FN3O2/c1-14(2)11-12-23-19-9-10-20(27-4)18(15(19)3)13-24-21(26)25-17-7-5-16(22)6-8-17/h5-10,12H,1,11,13H2,2-4H3,(H2,24,25,26). The van der Waals surface area contributed by atoms with E-state index < -0.39 is 0 Å². The zero-order chi connectivity index (χ0) is 19.8. The normalized spacial score (nSPS) is 10.7. The predicted molar refractivity (Wildman–Crippen MR) is 108 cm³/mol. The molecule has 0 bridgehead atoms. The topological polar surface area (TPSA) is 62.7 Å². The SMILES string of the molecule is C=C(C)CC=Nc1ccc(OC)c(CNC(=O)Nc2ccc(F)cc2)c1C. The lowest BCUT2D eigenvalue weighted by Crippen LogP contribution is -2.28. The summed E-state index contributed by atoms with van der Waals surface area (Å²) in [6.07, 6.45) is 2.52. The average molecular weight is 369 g/mol. The zero-order valence-electron chi connectivity index (χ0n) is 15.8. The Labute approximate surface area is 159 Å². The quantitative estimate of drug-likeness (QED) is 0.525. The number of hydrogen-bond acceptors (Lipinski definition) is 3. The second-order valence-electron chi connectivity index (χ2n) is 6.18. The summed E-state index contributed by atoms with van der Waals surface area (Å²) < 4.78 is 18.3. The Balaban J connectivity index is 2.09. The molecule has 2 rings (SSSR count). The van der Waals surface area contributed by atoms with Crippen LogP contribution in [0.3, 0.4) is 0 Å². The highest BCUT2D eigenvalue weighted by Crippen LogP contribution is 2.30. The van der Waals surface area contributed by atoms with Crippen molar-refractivity contribution in [1.29, 1.82) is 0 Å². The minimum absolute atomic E-state index is 0.270. The first-order valence-corrected chi connectivity index (χ1v) is 8.54. The van der Waals surface area contributed by atoms with Gasteiger partial charge in [-0.15, -0.1) is 0 Å². The second-order valence-corrected chi connectivity index (χ2v) is 6.18. The molecule has 0 radical (unpaired) electrons. The molecule has 0 aromatic heterocycles. The van der Waals surface area contributed by atoms with Crippen molar-refractivity contribution in [3.63, 3.8) is 0 Å². The van der Waals surface area contributed by atoms with E-state index in [-0.39, 0.29) is 18.4 Å². The summed E-state index contributed by atoms with van der Waals surface area (Å²) in [6.45, 7) is 8.01. The van der Waals surface area contributed by atoms with Crippen LogP contribution in [0.15, 0.2) is 53.5 Å². The fraction of sp³-hybridized carbons (Fsp3) is 0.238. The van der Waals surface area contributed by atoms with Crippen LogP contribution in [-0.2, 0) is 6.54 Å². The van der Waals surface area contributed by atoms with Gasteiger partial charge >= 0.3 is 6.03 Å². The van der Waals surface area contributed by atoms with Crippen molar-refractivity contribution in [3.8, 4) is 5.75 Å². The van der Waals surface area contributed by atoms with Gasteiger partial charge in [0.1, 0.15) is 11.6 Å². The van der Waals surface area contributed by atoms with Gasteiger partial charge in [-0.3, -0.25) is 4.99 Å². The molecule has 2 N–H and O–H groups in total. The van der Waals surface area contributed by atoms with Gasteiger partial charge in [0.25, 0.3) is 0 Å². The first-order valence-electron chi connectivity index (χ1n) is 8.54. The molecule has 0 saturated carbocycles. The molecule has 6 heteroatoms. The molecule has 0 atom stereocenters. The average Bonchev–Trinajstić information content (AvgIpc) is 2.63. The fourth-order valence-electron chi connectivity index (χ4n) is 2.45. The third-order valence-electron chi connectivity index (χ3n) is 3.94. The number of halogens is 1. The Hall–Kier alpha value is -3.15. The van der Waals surface area contributed by atoms with Crippen LogP contribution in [-0.4, -0.2) is 19.4 Å². The molecular weight excluding hydrogens is 345 g/mol. The van der Waals surface area contributed by atoms with E-state index in [0.717, 1.165) is 22.4 Å². The van der Waals surface area contributed by atoms with Crippen LogP contribution in [0.25, 0.3) is 0 Å². The van der Waals surface area contributed by atoms with Crippen molar-refractivity contribution in [2.24, 2.45) is 4.99 Å². The lowest BCUT2D eigenvalue weighted by atomic mass is 10.1. The zero-order valence-corrected chi connectivity index (χ0v) is 15.8. The van der Waals surface area contributed by atoms with Crippen LogP contribution >= 0.6 is 0 Å². The highest BCUT2D eigenvalue weighted by Gasteiger charge is 2.12. The van der Waals surface area contributed by atoms with E-state index in [1.807, 2.05) is 32.2 Å². The number of anilines is 1. The van der Waals surface area contributed by atoms with Gasteiger partial charge in [0.05, 0.1) is 12.8 Å². The molecule has 142 valence electrons. The van der Waals surface area contributed by atoms with E-state index in [4.69, 9.17) is 4.74 Å². The number of carbonyl (C=O) groups excluding carboxylic acids is 1. The highest BCUT2D eigenvalue weighted by atomic mass is 19.1. The number of aliphatic imine (C=N–C) groups is 1. The third-order valence-corrected chi connectivity index (χ3v) is 3.94. The Morgan fingerprint density at radius 2 is 1.96 bits per heavy atom. The van der Waals surface area contributed by atoms with Crippen LogP contribution in [0.1, 0.15) is 24.5 Å². The number of ether oxygens (including phenoxy) is 1. The van der Waals surface area contributed by atoms with Crippen molar-refractivity contribution < 1.29 is 13.9 Å². The van der Waals surface area contributed by atoms with Gasteiger partial charge in [-0.05, 0) is 55.8 Å². The van der Waals surface area contributed by atoms with Crippen molar-refractivity contribution in [1.82, 2.24) is 5.32 Å². The Morgan fingerprint density at radius 3 is 2.59 bits per heavy atom. The minimum atomic E-state index is -0.390. The molecule has 0 saturated heterocycles. The van der Waals surface area contributed by atoms with E-state index in [9.17, 15) is 9.18 Å². The summed E-state index contributed by atoms with van der Waals surface area (Å²) in [6, 6.07) is 8.89. The summed E-state index contributed by atoms with van der Waals surface area (Å²) in [7, 11) is 1.58. The van der Waals surface area contributed by atoms with Crippen molar-refractivity contribution >= 4 is 23.6 Å². The van der Waals surface area contributed by atoms with Crippen molar-refractivity contribution in [3.05, 3.63) is 65.5 Å². The van der Waals surface area contributed by atoms with E-state index in [2.05, 4.69) is 22.2 Å². The summed E-state index contributed by atoms with van der Waals surface area (Å²) in [5.41, 5.74) is 4.12. The second kappa shape index (κ2) is 9.52. The number of rotatable bonds is 7. The summed E-state index contributed by atoms with van der Waals surface area (Å²) >= 11 is 0. The first-order chi connectivity index (χ1) is 12.9. The van der Waals surface area contributed by atoms with Gasteiger partial charge in [0.15, 0.2) is 0 Å². The minimum Gasteiger partial charge on any atom is -0.496 e. The molecule has 2 aromatic carbocycles. The van der Waals surface area contributed by atoms with E-state index in [1.54, 1.807) is 7.11 Å². The van der Waals surface area contributed by atoms with Gasteiger partial charge in [-0.2, -0.15) is 0 Å². The fourth-order valence-corrected chi connectivity index (χ4v) is 2.45. The number of allylic oxidation sites excluding steroid dienone is 1. The van der Waals surface area contributed by atoms with Crippen LogP contribution in [0, 0.1) is 12.7 Å². The lowest BCUT2D eigenvalue weighted by molar-refractivity contribution is 0.251. The number of benzene rings is 2. The first kappa shape index (κ1) is 20.2. The van der Waals surface area contributed by atoms with Crippen molar-refractivity contribution in [2.75, 3.05) is 12.4 Å². The molecule has 0 aliphatic rings. The van der Waals surface area contributed by atoms with Gasteiger partial charge in [-0.1, -0.05) is 12.2 Å². The molecule has 0 aliphatic heterocycles. The number of amides is 2.